The highest BCUT2D eigenvalue weighted by molar-refractivity contribution is 7.20. The van der Waals surface area contributed by atoms with E-state index in [4.69, 9.17) is 9.47 Å². The maximum atomic E-state index is 12.9. The first-order valence-corrected chi connectivity index (χ1v) is 11.4. The molecule has 4 aromatic rings. The zero-order valence-corrected chi connectivity index (χ0v) is 19.0. The first-order chi connectivity index (χ1) is 16.0. The molecule has 2 amide bonds. The number of thiophene rings is 1. The van der Waals surface area contributed by atoms with E-state index in [0.717, 1.165) is 21.2 Å². The van der Waals surface area contributed by atoms with Crippen molar-refractivity contribution in [3.63, 3.8) is 0 Å². The molecule has 1 aliphatic heterocycles. The summed E-state index contributed by atoms with van der Waals surface area (Å²) in [5, 5.41) is 6.93. The Morgan fingerprint density at radius 1 is 0.818 bits per heavy atom. The number of carbonyl (C=O) groups excluding carboxylic acids is 2. The van der Waals surface area contributed by atoms with Crippen molar-refractivity contribution < 1.29 is 19.1 Å². The van der Waals surface area contributed by atoms with Gasteiger partial charge in [0.1, 0.15) is 13.2 Å². The fraction of sp³-hybridized carbons (Fsp3) is 0.154. The summed E-state index contributed by atoms with van der Waals surface area (Å²) in [7, 11) is 0. The third kappa shape index (κ3) is 4.40. The first kappa shape index (κ1) is 21.0. The van der Waals surface area contributed by atoms with Gasteiger partial charge in [0.2, 0.25) is 0 Å². The number of anilines is 2. The fourth-order valence-corrected chi connectivity index (χ4v) is 4.62. The Balaban J connectivity index is 1.33. The van der Waals surface area contributed by atoms with Gasteiger partial charge in [-0.25, -0.2) is 0 Å². The third-order valence-electron chi connectivity index (χ3n) is 5.44. The lowest BCUT2D eigenvalue weighted by atomic mass is 10.1. The molecule has 5 rings (SSSR count). The fourth-order valence-electron chi connectivity index (χ4n) is 3.68. The van der Waals surface area contributed by atoms with Crippen LogP contribution in [0.15, 0.2) is 60.7 Å². The molecule has 33 heavy (non-hydrogen) atoms. The number of benzene rings is 3. The van der Waals surface area contributed by atoms with E-state index in [1.165, 1.54) is 11.3 Å². The molecule has 6 nitrogen and oxygen atoms in total. The molecule has 0 radical (unpaired) electrons. The molecule has 2 heterocycles. The number of nitrogens with one attached hydrogen (secondary N) is 2. The Morgan fingerprint density at radius 2 is 1.64 bits per heavy atom. The molecule has 166 valence electrons. The lowest BCUT2D eigenvalue weighted by Crippen LogP contribution is -2.17. The van der Waals surface area contributed by atoms with E-state index in [2.05, 4.69) is 16.7 Å². The molecule has 3 aromatic carbocycles. The molecule has 0 atom stereocenters. The second-order valence-electron chi connectivity index (χ2n) is 7.95. The van der Waals surface area contributed by atoms with Crippen molar-refractivity contribution in [3.8, 4) is 11.5 Å². The van der Waals surface area contributed by atoms with Gasteiger partial charge in [-0.05, 0) is 67.3 Å². The minimum atomic E-state index is -0.270. The molecule has 0 saturated heterocycles. The molecular weight excluding hydrogens is 436 g/mol. The van der Waals surface area contributed by atoms with Crippen LogP contribution in [0.4, 0.5) is 11.4 Å². The van der Waals surface area contributed by atoms with Gasteiger partial charge in [-0.1, -0.05) is 23.8 Å². The van der Waals surface area contributed by atoms with Gasteiger partial charge in [-0.3, -0.25) is 9.59 Å². The highest BCUT2D eigenvalue weighted by atomic mass is 32.1. The number of amides is 2. The largest absolute Gasteiger partial charge is 0.486 e. The maximum Gasteiger partial charge on any atom is 0.265 e. The molecule has 7 heteroatoms. The van der Waals surface area contributed by atoms with Gasteiger partial charge in [0.25, 0.3) is 11.8 Å². The van der Waals surface area contributed by atoms with Crippen LogP contribution in [0.3, 0.4) is 0 Å². The molecule has 0 spiro atoms. The number of fused-ring (bicyclic) bond motifs is 2. The summed E-state index contributed by atoms with van der Waals surface area (Å²) in [5.74, 6) is 0.749. The average Bonchev–Trinajstić information content (AvgIpc) is 3.24. The van der Waals surface area contributed by atoms with Crippen LogP contribution in [0.1, 0.15) is 31.2 Å². The van der Waals surface area contributed by atoms with E-state index in [1.54, 1.807) is 24.3 Å². The summed E-state index contributed by atoms with van der Waals surface area (Å²) < 4.78 is 12.1. The Labute approximate surface area is 195 Å². The van der Waals surface area contributed by atoms with Gasteiger partial charge < -0.3 is 20.1 Å². The van der Waals surface area contributed by atoms with Crippen LogP contribution < -0.4 is 20.1 Å². The van der Waals surface area contributed by atoms with Gasteiger partial charge in [0, 0.05) is 21.6 Å². The van der Waals surface area contributed by atoms with Crippen LogP contribution >= 0.6 is 11.3 Å². The SMILES string of the molecule is Cc1ccc2sc(C(=O)Nc3cc(NC(=O)c4ccc5c(c4)OCCO5)ccc3C)cc2c1. The summed E-state index contributed by atoms with van der Waals surface area (Å²) in [4.78, 5) is 26.3. The van der Waals surface area contributed by atoms with E-state index in [1.807, 2.05) is 44.2 Å². The van der Waals surface area contributed by atoms with Gasteiger partial charge in [-0.15, -0.1) is 11.3 Å². The van der Waals surface area contributed by atoms with E-state index in [0.29, 0.717) is 46.5 Å². The van der Waals surface area contributed by atoms with Crippen LogP contribution in [0.5, 0.6) is 11.5 Å². The zero-order chi connectivity index (χ0) is 22.9. The van der Waals surface area contributed by atoms with Crippen LogP contribution in [0.2, 0.25) is 0 Å². The minimum Gasteiger partial charge on any atom is -0.486 e. The predicted molar refractivity (Wildman–Crippen MR) is 131 cm³/mol. The highest BCUT2D eigenvalue weighted by Crippen LogP contribution is 2.31. The summed E-state index contributed by atoms with van der Waals surface area (Å²) in [5.41, 5.74) is 3.75. The van der Waals surface area contributed by atoms with Crippen molar-refractivity contribution in [2.24, 2.45) is 0 Å². The quantitative estimate of drug-likeness (QED) is 0.406. The van der Waals surface area contributed by atoms with E-state index in [-0.39, 0.29) is 11.8 Å². The monoisotopic (exact) mass is 458 g/mol. The number of ether oxygens (including phenoxy) is 2. The number of hydrogen-bond acceptors (Lipinski definition) is 5. The van der Waals surface area contributed by atoms with E-state index < -0.39 is 0 Å². The molecular formula is C26H22N2O4S. The standard InChI is InChI=1S/C26H22N2O4S/c1-15-3-8-23-18(11-15)13-24(33-23)26(30)28-20-14-19(6-4-16(20)2)27-25(29)17-5-7-21-22(12-17)32-10-9-31-21/h3-8,11-14H,9-10H2,1-2H3,(H,27,29)(H,28,30). The smallest absolute Gasteiger partial charge is 0.265 e. The van der Waals surface area contributed by atoms with E-state index >= 15 is 0 Å². The van der Waals surface area contributed by atoms with Gasteiger partial charge in [0.05, 0.1) is 4.88 Å². The highest BCUT2D eigenvalue weighted by Gasteiger charge is 2.16. The number of aryl methyl sites for hydroxylation is 2. The first-order valence-electron chi connectivity index (χ1n) is 10.6. The number of rotatable bonds is 4. The summed E-state index contributed by atoms with van der Waals surface area (Å²) in [6.07, 6.45) is 0. The zero-order valence-electron chi connectivity index (χ0n) is 18.2. The lowest BCUT2D eigenvalue weighted by molar-refractivity contribution is 0.102. The van der Waals surface area contributed by atoms with Crippen LogP contribution in [-0.2, 0) is 0 Å². The summed E-state index contributed by atoms with van der Waals surface area (Å²) in [6.45, 7) is 4.90. The average molecular weight is 459 g/mol. The van der Waals surface area contributed by atoms with Crippen LogP contribution in [-0.4, -0.2) is 25.0 Å². The second kappa shape index (κ2) is 8.60. The second-order valence-corrected chi connectivity index (χ2v) is 9.03. The minimum absolute atomic E-state index is 0.174. The molecule has 2 N–H and O–H groups in total. The Morgan fingerprint density at radius 3 is 2.48 bits per heavy atom. The number of hydrogen-bond donors (Lipinski definition) is 2. The molecule has 0 aliphatic carbocycles. The van der Waals surface area contributed by atoms with Crippen LogP contribution in [0, 0.1) is 13.8 Å². The molecule has 1 aromatic heterocycles. The maximum absolute atomic E-state index is 12.9. The van der Waals surface area contributed by atoms with Crippen molar-refractivity contribution in [2.45, 2.75) is 13.8 Å². The molecule has 0 unspecified atom stereocenters. The van der Waals surface area contributed by atoms with Crippen molar-refractivity contribution in [1.29, 1.82) is 0 Å². The Kier molecular flexibility index (Phi) is 5.48. The van der Waals surface area contributed by atoms with Gasteiger partial charge in [-0.2, -0.15) is 0 Å². The van der Waals surface area contributed by atoms with Gasteiger partial charge in [0.15, 0.2) is 11.5 Å². The summed E-state index contributed by atoms with van der Waals surface area (Å²) in [6, 6.07) is 18.6. The summed E-state index contributed by atoms with van der Waals surface area (Å²) >= 11 is 1.46. The van der Waals surface area contributed by atoms with Crippen LogP contribution in [0.25, 0.3) is 10.1 Å². The normalized spacial score (nSPS) is 12.4. The van der Waals surface area contributed by atoms with Gasteiger partial charge >= 0.3 is 0 Å². The topological polar surface area (TPSA) is 76.7 Å². The predicted octanol–water partition coefficient (Wildman–Crippen LogP) is 5.79. The lowest BCUT2D eigenvalue weighted by Gasteiger charge is -2.18. The third-order valence-corrected chi connectivity index (χ3v) is 6.56. The molecule has 0 saturated carbocycles. The molecule has 0 bridgehead atoms. The number of carbonyl (C=O) groups is 2. The van der Waals surface area contributed by atoms with E-state index in [9.17, 15) is 9.59 Å². The van der Waals surface area contributed by atoms with Crippen molar-refractivity contribution in [1.82, 2.24) is 0 Å². The van der Waals surface area contributed by atoms with Crippen molar-refractivity contribution in [2.75, 3.05) is 23.8 Å². The molecule has 1 aliphatic rings. The van der Waals surface area contributed by atoms with Crippen molar-refractivity contribution in [3.05, 3.63) is 82.2 Å². The Bertz CT molecular complexity index is 1390. The molecule has 0 fully saturated rings. The Hall–Kier alpha value is -3.84. The van der Waals surface area contributed by atoms with Crippen molar-refractivity contribution >= 4 is 44.6 Å².